The lowest BCUT2D eigenvalue weighted by atomic mass is 10.1. The van der Waals surface area contributed by atoms with Crippen LogP contribution >= 0.6 is 0 Å². The van der Waals surface area contributed by atoms with Crippen LogP contribution in [0.3, 0.4) is 0 Å². The van der Waals surface area contributed by atoms with Crippen LogP contribution in [-0.2, 0) is 16.6 Å². The second-order valence-electron chi connectivity index (χ2n) is 6.19. The van der Waals surface area contributed by atoms with Gasteiger partial charge in [0.1, 0.15) is 5.75 Å². The maximum Gasteiger partial charge on any atom is 0.232 e. The van der Waals surface area contributed by atoms with Crippen LogP contribution in [0, 0.1) is 0 Å². The Morgan fingerprint density at radius 3 is 2.38 bits per heavy atom. The van der Waals surface area contributed by atoms with Gasteiger partial charge < -0.3 is 9.30 Å². The molecule has 0 aliphatic carbocycles. The van der Waals surface area contributed by atoms with Crippen LogP contribution in [0.2, 0.25) is 0 Å². The van der Waals surface area contributed by atoms with E-state index < -0.39 is 10.0 Å². The molecule has 138 valence electrons. The van der Waals surface area contributed by atoms with Crippen LogP contribution < -0.4 is 9.46 Å². The summed E-state index contributed by atoms with van der Waals surface area (Å²) in [5, 5.41) is 1.16. The van der Waals surface area contributed by atoms with E-state index >= 15 is 0 Å². The van der Waals surface area contributed by atoms with Crippen molar-refractivity contribution in [3.8, 4) is 17.0 Å². The van der Waals surface area contributed by atoms with Gasteiger partial charge in [-0.3, -0.25) is 4.72 Å². The Labute approximate surface area is 154 Å². The Kier molecular flexibility index (Phi) is 5.23. The van der Waals surface area contributed by atoms with Crippen molar-refractivity contribution in [3.63, 3.8) is 0 Å². The predicted octanol–water partition coefficient (Wildman–Crippen LogP) is 4.49. The topological polar surface area (TPSA) is 60.3 Å². The zero-order valence-electron chi connectivity index (χ0n) is 15.3. The molecule has 0 aliphatic heterocycles. The van der Waals surface area contributed by atoms with Gasteiger partial charge >= 0.3 is 0 Å². The minimum atomic E-state index is -3.26. The molecule has 1 aromatic heterocycles. The third-order valence-corrected chi connectivity index (χ3v) is 5.70. The molecule has 1 heterocycles. The van der Waals surface area contributed by atoms with Crippen LogP contribution in [0.4, 0.5) is 5.69 Å². The molecular formula is C20H24N2O3S. The van der Waals surface area contributed by atoms with Gasteiger partial charge in [0, 0.05) is 29.4 Å². The number of sulfonamides is 1. The molecule has 0 unspecified atom stereocenters. The van der Waals surface area contributed by atoms with Gasteiger partial charge in [-0.15, -0.1) is 0 Å². The summed E-state index contributed by atoms with van der Waals surface area (Å²) in [5.74, 6) is 0.894. The zero-order chi connectivity index (χ0) is 18.7. The molecule has 3 rings (SSSR count). The van der Waals surface area contributed by atoms with Gasteiger partial charge in [0.15, 0.2) is 0 Å². The maximum atomic E-state index is 11.7. The number of anilines is 1. The molecule has 1 N–H and O–H groups in total. The van der Waals surface area contributed by atoms with Crippen molar-refractivity contribution < 1.29 is 13.2 Å². The van der Waals surface area contributed by atoms with Crippen molar-refractivity contribution in [1.82, 2.24) is 4.57 Å². The van der Waals surface area contributed by atoms with E-state index in [0.29, 0.717) is 5.69 Å². The standard InChI is InChI=1S/C20H24N2O3S/c1-4-12-22-19(13-16-8-11-18(25-3)14-20(16)22)15-6-9-17(10-7-15)21-26(23,24)5-2/h6-11,13-14,21H,4-5,12H2,1-3H3. The fraction of sp³-hybridized carbons (Fsp3) is 0.300. The van der Waals surface area contributed by atoms with Crippen LogP contribution in [0.1, 0.15) is 20.3 Å². The van der Waals surface area contributed by atoms with Crippen molar-refractivity contribution in [2.75, 3.05) is 17.6 Å². The van der Waals surface area contributed by atoms with Gasteiger partial charge in [0.2, 0.25) is 10.0 Å². The van der Waals surface area contributed by atoms with Crippen LogP contribution in [0.25, 0.3) is 22.2 Å². The highest BCUT2D eigenvalue weighted by molar-refractivity contribution is 7.92. The van der Waals surface area contributed by atoms with Crippen molar-refractivity contribution in [3.05, 3.63) is 48.5 Å². The molecule has 0 atom stereocenters. The molecule has 0 saturated heterocycles. The first kappa shape index (κ1) is 18.3. The fourth-order valence-corrected chi connectivity index (χ4v) is 3.67. The monoisotopic (exact) mass is 372 g/mol. The predicted molar refractivity (Wildman–Crippen MR) is 107 cm³/mol. The summed E-state index contributed by atoms with van der Waals surface area (Å²) in [6.45, 7) is 4.67. The first-order chi connectivity index (χ1) is 12.5. The van der Waals surface area contributed by atoms with Gasteiger partial charge in [-0.25, -0.2) is 8.42 Å². The van der Waals surface area contributed by atoms with Gasteiger partial charge in [0.25, 0.3) is 0 Å². The minimum absolute atomic E-state index is 0.0569. The molecule has 0 bridgehead atoms. The number of fused-ring (bicyclic) bond motifs is 1. The number of ether oxygens (including phenoxy) is 1. The molecular weight excluding hydrogens is 348 g/mol. The second kappa shape index (κ2) is 7.41. The normalized spacial score (nSPS) is 11.7. The number of aryl methyl sites for hydroxylation is 1. The molecule has 3 aromatic rings. The van der Waals surface area contributed by atoms with E-state index in [9.17, 15) is 8.42 Å². The summed E-state index contributed by atoms with van der Waals surface area (Å²) in [7, 11) is -1.59. The molecule has 0 spiro atoms. The maximum absolute atomic E-state index is 11.7. The third kappa shape index (κ3) is 3.70. The number of hydrogen-bond donors (Lipinski definition) is 1. The molecule has 2 aromatic carbocycles. The summed E-state index contributed by atoms with van der Waals surface area (Å²) < 4.78 is 33.6. The average molecular weight is 372 g/mol. The molecule has 0 radical (unpaired) electrons. The Bertz CT molecular complexity index is 1010. The Hall–Kier alpha value is -2.47. The molecule has 5 nitrogen and oxygen atoms in total. The first-order valence-electron chi connectivity index (χ1n) is 8.75. The lowest BCUT2D eigenvalue weighted by Crippen LogP contribution is -2.14. The summed E-state index contributed by atoms with van der Waals surface area (Å²) in [5.41, 5.74) is 3.88. The van der Waals surface area contributed by atoms with Gasteiger partial charge in [-0.2, -0.15) is 0 Å². The quantitative estimate of drug-likeness (QED) is 0.665. The van der Waals surface area contributed by atoms with E-state index in [1.54, 1.807) is 26.2 Å². The smallest absolute Gasteiger partial charge is 0.232 e. The number of nitrogens with one attached hydrogen (secondary N) is 1. The molecule has 0 fully saturated rings. The average Bonchev–Trinajstić information content (AvgIpc) is 3.00. The summed E-state index contributed by atoms with van der Waals surface area (Å²) in [6, 6.07) is 15.7. The van der Waals surface area contributed by atoms with Crippen LogP contribution in [0.15, 0.2) is 48.5 Å². The number of methoxy groups -OCH3 is 1. The van der Waals surface area contributed by atoms with Crippen molar-refractivity contribution in [1.29, 1.82) is 0 Å². The first-order valence-corrected chi connectivity index (χ1v) is 10.4. The van der Waals surface area contributed by atoms with E-state index in [-0.39, 0.29) is 5.75 Å². The largest absolute Gasteiger partial charge is 0.497 e. The van der Waals surface area contributed by atoms with E-state index in [2.05, 4.69) is 34.4 Å². The summed E-state index contributed by atoms with van der Waals surface area (Å²) in [4.78, 5) is 0. The van der Waals surface area contributed by atoms with E-state index in [0.717, 1.165) is 40.9 Å². The van der Waals surface area contributed by atoms with E-state index in [1.807, 2.05) is 18.2 Å². The van der Waals surface area contributed by atoms with Crippen LogP contribution in [0.5, 0.6) is 5.75 Å². The Morgan fingerprint density at radius 1 is 1.04 bits per heavy atom. The zero-order valence-corrected chi connectivity index (χ0v) is 16.1. The summed E-state index contributed by atoms with van der Waals surface area (Å²) in [6.07, 6.45) is 1.02. The highest BCUT2D eigenvalue weighted by Crippen LogP contribution is 2.31. The van der Waals surface area contributed by atoms with E-state index in [1.165, 1.54) is 0 Å². The third-order valence-electron chi connectivity index (χ3n) is 4.39. The van der Waals surface area contributed by atoms with Crippen molar-refractivity contribution in [2.45, 2.75) is 26.8 Å². The highest BCUT2D eigenvalue weighted by Gasteiger charge is 2.12. The molecule has 0 aliphatic rings. The second-order valence-corrected chi connectivity index (χ2v) is 8.20. The van der Waals surface area contributed by atoms with Crippen LogP contribution in [-0.4, -0.2) is 25.8 Å². The molecule has 26 heavy (non-hydrogen) atoms. The number of hydrogen-bond acceptors (Lipinski definition) is 3. The highest BCUT2D eigenvalue weighted by atomic mass is 32.2. The molecule has 0 amide bonds. The number of aromatic nitrogens is 1. The number of benzene rings is 2. The van der Waals surface area contributed by atoms with Gasteiger partial charge in [0.05, 0.1) is 18.4 Å². The summed E-state index contributed by atoms with van der Waals surface area (Å²) >= 11 is 0. The Balaban J connectivity index is 2.03. The van der Waals surface area contributed by atoms with Crippen molar-refractivity contribution >= 4 is 26.6 Å². The van der Waals surface area contributed by atoms with Gasteiger partial charge in [-0.1, -0.05) is 19.1 Å². The SMILES string of the molecule is CCCn1c(-c2ccc(NS(=O)(=O)CC)cc2)cc2ccc(OC)cc21. The lowest BCUT2D eigenvalue weighted by molar-refractivity contribution is 0.415. The number of rotatable bonds is 7. The lowest BCUT2D eigenvalue weighted by Gasteiger charge is -2.11. The van der Waals surface area contributed by atoms with Crippen molar-refractivity contribution in [2.24, 2.45) is 0 Å². The Morgan fingerprint density at radius 2 is 1.77 bits per heavy atom. The van der Waals surface area contributed by atoms with Gasteiger partial charge in [-0.05, 0) is 49.2 Å². The number of nitrogens with zero attached hydrogens (tertiary/aromatic N) is 1. The molecule has 0 saturated carbocycles. The molecule has 6 heteroatoms. The van der Waals surface area contributed by atoms with E-state index in [4.69, 9.17) is 4.74 Å². The fourth-order valence-electron chi connectivity index (χ4n) is 3.03. The minimum Gasteiger partial charge on any atom is -0.497 e.